The number of aryl methyl sites for hydroxylation is 1. The molecule has 1 aromatic rings. The number of nitrogens with two attached hydrogens (primary N) is 1. The Labute approximate surface area is 95.3 Å². The number of hydrogen-bond donors (Lipinski definition) is 2. The molecule has 1 aromatic carbocycles. The standard InChI is InChI=1S/C13H17NO2/c1-13(2,12(15)16)11-6-4-8-3-5-9(14)7-10(8)11/h3,5,7,11H,4,6,14H2,1-2H3,(H,15,16). The Morgan fingerprint density at radius 2 is 2.19 bits per heavy atom. The lowest BCUT2D eigenvalue weighted by Gasteiger charge is -2.27. The highest BCUT2D eigenvalue weighted by Crippen LogP contribution is 2.45. The van der Waals surface area contributed by atoms with E-state index in [9.17, 15) is 9.90 Å². The molecule has 16 heavy (non-hydrogen) atoms. The second-order valence-electron chi connectivity index (χ2n) is 5.08. The average molecular weight is 219 g/mol. The molecule has 0 spiro atoms. The first-order chi connectivity index (χ1) is 7.43. The molecule has 3 nitrogen and oxygen atoms in total. The first-order valence-corrected chi connectivity index (χ1v) is 5.54. The summed E-state index contributed by atoms with van der Waals surface area (Å²) in [5.74, 6) is -0.670. The summed E-state index contributed by atoms with van der Waals surface area (Å²) >= 11 is 0. The summed E-state index contributed by atoms with van der Waals surface area (Å²) in [6, 6.07) is 5.83. The summed E-state index contributed by atoms with van der Waals surface area (Å²) in [4.78, 5) is 11.3. The quantitative estimate of drug-likeness (QED) is 0.751. The number of anilines is 1. The fourth-order valence-corrected chi connectivity index (χ4v) is 2.52. The Morgan fingerprint density at radius 3 is 2.81 bits per heavy atom. The molecule has 0 fully saturated rings. The summed E-state index contributed by atoms with van der Waals surface area (Å²) < 4.78 is 0. The van der Waals surface area contributed by atoms with Gasteiger partial charge in [-0.05, 0) is 49.9 Å². The lowest BCUT2D eigenvalue weighted by Crippen LogP contribution is -2.30. The van der Waals surface area contributed by atoms with E-state index in [-0.39, 0.29) is 5.92 Å². The molecule has 1 aliphatic rings. The summed E-state index contributed by atoms with van der Waals surface area (Å²) in [5, 5.41) is 9.27. The zero-order valence-electron chi connectivity index (χ0n) is 9.66. The molecule has 1 unspecified atom stereocenters. The molecule has 0 heterocycles. The van der Waals surface area contributed by atoms with Gasteiger partial charge in [0.15, 0.2) is 0 Å². The van der Waals surface area contributed by atoms with Crippen LogP contribution in [-0.2, 0) is 11.2 Å². The molecule has 0 aliphatic heterocycles. The molecule has 86 valence electrons. The number of carbonyl (C=O) groups is 1. The molecular weight excluding hydrogens is 202 g/mol. The topological polar surface area (TPSA) is 63.3 Å². The van der Waals surface area contributed by atoms with E-state index in [2.05, 4.69) is 0 Å². The molecule has 1 aliphatic carbocycles. The van der Waals surface area contributed by atoms with Crippen molar-refractivity contribution in [2.45, 2.75) is 32.6 Å². The highest BCUT2D eigenvalue weighted by atomic mass is 16.4. The molecule has 0 bridgehead atoms. The highest BCUT2D eigenvalue weighted by Gasteiger charge is 2.41. The Balaban J connectivity index is 2.43. The van der Waals surface area contributed by atoms with E-state index in [0.29, 0.717) is 5.69 Å². The van der Waals surface area contributed by atoms with Crippen molar-refractivity contribution in [2.24, 2.45) is 5.41 Å². The van der Waals surface area contributed by atoms with Gasteiger partial charge < -0.3 is 10.8 Å². The molecule has 0 saturated heterocycles. The van der Waals surface area contributed by atoms with E-state index >= 15 is 0 Å². The average Bonchev–Trinajstić information content (AvgIpc) is 2.60. The van der Waals surface area contributed by atoms with Crippen molar-refractivity contribution in [1.29, 1.82) is 0 Å². The molecule has 0 amide bonds. The zero-order valence-corrected chi connectivity index (χ0v) is 9.66. The van der Waals surface area contributed by atoms with Crippen molar-refractivity contribution in [1.82, 2.24) is 0 Å². The van der Waals surface area contributed by atoms with E-state index < -0.39 is 11.4 Å². The fraction of sp³-hybridized carbons (Fsp3) is 0.462. The van der Waals surface area contributed by atoms with Gasteiger partial charge in [0.1, 0.15) is 0 Å². The van der Waals surface area contributed by atoms with Gasteiger partial charge in [-0.3, -0.25) is 4.79 Å². The maximum absolute atomic E-state index is 11.3. The normalized spacial score (nSPS) is 19.5. The minimum atomic E-state index is -0.743. The van der Waals surface area contributed by atoms with Crippen molar-refractivity contribution in [3.8, 4) is 0 Å². The lowest BCUT2D eigenvalue weighted by molar-refractivity contribution is -0.148. The predicted octanol–water partition coefficient (Wildman–Crippen LogP) is 2.41. The van der Waals surface area contributed by atoms with Gasteiger partial charge in [0.2, 0.25) is 0 Å². The second kappa shape index (κ2) is 3.51. The maximum Gasteiger partial charge on any atom is 0.309 e. The Kier molecular flexibility index (Phi) is 2.41. The third kappa shape index (κ3) is 1.56. The second-order valence-corrected chi connectivity index (χ2v) is 5.08. The maximum atomic E-state index is 11.3. The van der Waals surface area contributed by atoms with E-state index in [1.165, 1.54) is 5.56 Å². The van der Waals surface area contributed by atoms with Crippen molar-refractivity contribution in [3.05, 3.63) is 29.3 Å². The van der Waals surface area contributed by atoms with Crippen LogP contribution in [0.4, 0.5) is 5.69 Å². The molecule has 1 atom stereocenters. The first-order valence-electron chi connectivity index (χ1n) is 5.54. The molecule has 3 N–H and O–H groups in total. The number of nitrogen functional groups attached to an aromatic ring is 1. The van der Waals surface area contributed by atoms with Crippen LogP contribution in [0.3, 0.4) is 0 Å². The number of carboxylic acids is 1. The van der Waals surface area contributed by atoms with E-state index in [0.717, 1.165) is 18.4 Å². The van der Waals surface area contributed by atoms with E-state index in [1.54, 1.807) is 13.8 Å². The number of benzene rings is 1. The first kappa shape index (κ1) is 11.0. The molecule has 0 radical (unpaired) electrons. The number of aliphatic carboxylic acids is 1. The summed E-state index contributed by atoms with van der Waals surface area (Å²) in [6.45, 7) is 3.58. The van der Waals surface area contributed by atoms with E-state index in [1.807, 2.05) is 18.2 Å². The van der Waals surface area contributed by atoms with Gasteiger partial charge in [0, 0.05) is 11.6 Å². The zero-order chi connectivity index (χ0) is 11.9. The van der Waals surface area contributed by atoms with Crippen molar-refractivity contribution >= 4 is 11.7 Å². The third-order valence-electron chi connectivity index (χ3n) is 3.67. The molecular formula is C13H17NO2. The van der Waals surface area contributed by atoms with Gasteiger partial charge >= 0.3 is 5.97 Å². The number of rotatable bonds is 2. The highest BCUT2D eigenvalue weighted by molar-refractivity contribution is 5.75. The minimum absolute atomic E-state index is 0.0727. The van der Waals surface area contributed by atoms with Crippen molar-refractivity contribution in [3.63, 3.8) is 0 Å². The van der Waals surface area contributed by atoms with Gasteiger partial charge in [-0.25, -0.2) is 0 Å². The van der Waals surface area contributed by atoms with Gasteiger partial charge in [0.05, 0.1) is 5.41 Å². The fourth-order valence-electron chi connectivity index (χ4n) is 2.52. The van der Waals surface area contributed by atoms with Crippen LogP contribution in [0.2, 0.25) is 0 Å². The largest absolute Gasteiger partial charge is 0.481 e. The molecule has 0 saturated carbocycles. The van der Waals surface area contributed by atoms with Crippen LogP contribution in [0.15, 0.2) is 18.2 Å². The molecule has 3 heteroatoms. The van der Waals surface area contributed by atoms with Crippen molar-refractivity contribution < 1.29 is 9.90 Å². The van der Waals surface area contributed by atoms with Gasteiger partial charge in [-0.15, -0.1) is 0 Å². The Bertz CT molecular complexity index is 438. The van der Waals surface area contributed by atoms with Crippen LogP contribution in [0.25, 0.3) is 0 Å². The number of hydrogen-bond acceptors (Lipinski definition) is 2. The summed E-state index contributed by atoms with van der Waals surface area (Å²) in [5.41, 5.74) is 8.12. The van der Waals surface area contributed by atoms with Crippen LogP contribution < -0.4 is 5.73 Å². The monoisotopic (exact) mass is 219 g/mol. The minimum Gasteiger partial charge on any atom is -0.481 e. The SMILES string of the molecule is CC(C)(C(=O)O)C1CCc2ccc(N)cc21. The number of fused-ring (bicyclic) bond motifs is 1. The van der Waals surface area contributed by atoms with Crippen LogP contribution in [0.1, 0.15) is 37.3 Å². The van der Waals surface area contributed by atoms with Crippen LogP contribution in [0.5, 0.6) is 0 Å². The van der Waals surface area contributed by atoms with Crippen LogP contribution >= 0.6 is 0 Å². The summed E-state index contributed by atoms with van der Waals surface area (Å²) in [6.07, 6.45) is 1.86. The predicted molar refractivity (Wildman–Crippen MR) is 63.3 cm³/mol. The van der Waals surface area contributed by atoms with E-state index in [4.69, 9.17) is 5.73 Å². The smallest absolute Gasteiger partial charge is 0.309 e. The lowest BCUT2D eigenvalue weighted by atomic mass is 9.75. The van der Waals surface area contributed by atoms with Gasteiger partial charge in [0.25, 0.3) is 0 Å². The molecule has 0 aromatic heterocycles. The third-order valence-corrected chi connectivity index (χ3v) is 3.67. The van der Waals surface area contributed by atoms with Crippen molar-refractivity contribution in [2.75, 3.05) is 5.73 Å². The Morgan fingerprint density at radius 1 is 1.50 bits per heavy atom. The van der Waals surface area contributed by atoms with Gasteiger partial charge in [-0.2, -0.15) is 0 Å². The molecule has 2 rings (SSSR count). The number of carboxylic acid groups (broad SMARTS) is 1. The van der Waals surface area contributed by atoms with Crippen LogP contribution in [-0.4, -0.2) is 11.1 Å². The van der Waals surface area contributed by atoms with Gasteiger partial charge in [-0.1, -0.05) is 6.07 Å². The van der Waals surface area contributed by atoms with Crippen LogP contribution in [0, 0.1) is 5.41 Å². The summed E-state index contributed by atoms with van der Waals surface area (Å²) in [7, 11) is 0. The Hall–Kier alpha value is -1.51.